The smallest absolute Gasteiger partial charge is 0.209 e. The van der Waals surface area contributed by atoms with Crippen molar-refractivity contribution in [3.8, 4) is 0 Å². The number of hydrogen-bond acceptors (Lipinski definition) is 6. The Hall–Kier alpha value is -0.660. The fraction of sp³-hybridized carbons (Fsp3) is 0.909. The van der Waals surface area contributed by atoms with Gasteiger partial charge in [-0.3, -0.25) is 0 Å². The molecular formula is C11H21N5OS. The van der Waals surface area contributed by atoms with Gasteiger partial charge in [0.05, 0.1) is 18.8 Å². The van der Waals surface area contributed by atoms with Crippen molar-refractivity contribution in [2.45, 2.75) is 50.6 Å². The fourth-order valence-corrected chi connectivity index (χ4v) is 2.93. The molecule has 1 N–H and O–H groups in total. The topological polar surface area (TPSA) is 64.9 Å². The molecule has 102 valence electrons. The minimum Gasteiger partial charge on any atom is -0.374 e. The molecule has 1 aromatic rings. The van der Waals surface area contributed by atoms with Gasteiger partial charge in [0.2, 0.25) is 5.16 Å². The molecule has 1 aliphatic heterocycles. The van der Waals surface area contributed by atoms with E-state index in [0.717, 1.165) is 43.4 Å². The molecule has 0 spiro atoms. The Bertz CT molecular complexity index is 359. The molecule has 6 nitrogen and oxygen atoms in total. The molecule has 2 atom stereocenters. The largest absolute Gasteiger partial charge is 0.374 e. The molecule has 2 rings (SSSR count). The van der Waals surface area contributed by atoms with Crippen LogP contribution in [0.3, 0.4) is 0 Å². The minimum atomic E-state index is 0.351. The van der Waals surface area contributed by atoms with Crippen LogP contribution < -0.4 is 5.32 Å². The summed E-state index contributed by atoms with van der Waals surface area (Å²) in [6, 6.07) is 0. The Morgan fingerprint density at radius 1 is 1.50 bits per heavy atom. The van der Waals surface area contributed by atoms with E-state index in [9.17, 15) is 0 Å². The van der Waals surface area contributed by atoms with Crippen molar-refractivity contribution in [3.63, 3.8) is 0 Å². The van der Waals surface area contributed by atoms with Gasteiger partial charge in [0.15, 0.2) is 0 Å². The Kier molecular flexibility index (Phi) is 5.40. The highest BCUT2D eigenvalue weighted by molar-refractivity contribution is 7.99. The molecule has 18 heavy (non-hydrogen) atoms. The lowest BCUT2D eigenvalue weighted by atomic mass is 10.2. The lowest BCUT2D eigenvalue weighted by Crippen LogP contribution is -2.20. The quantitative estimate of drug-likeness (QED) is 0.588. The maximum atomic E-state index is 5.79. The summed E-state index contributed by atoms with van der Waals surface area (Å²) in [7, 11) is 0. The average molecular weight is 271 g/mol. The molecule has 1 aliphatic rings. The van der Waals surface area contributed by atoms with Crippen LogP contribution in [0.25, 0.3) is 0 Å². The van der Waals surface area contributed by atoms with Gasteiger partial charge in [-0.15, -0.1) is 5.10 Å². The molecule has 2 unspecified atom stereocenters. The van der Waals surface area contributed by atoms with Crippen molar-refractivity contribution < 1.29 is 4.74 Å². The van der Waals surface area contributed by atoms with Gasteiger partial charge in [-0.1, -0.05) is 18.7 Å². The molecule has 0 radical (unpaired) electrons. The van der Waals surface area contributed by atoms with Crippen molar-refractivity contribution in [2.75, 3.05) is 18.8 Å². The number of nitrogens with one attached hydrogen (secondary N) is 1. The first-order valence-electron chi connectivity index (χ1n) is 6.54. The molecule has 0 amide bonds. The molecule has 0 saturated carbocycles. The number of aromatic nitrogens is 4. The Morgan fingerprint density at radius 2 is 2.39 bits per heavy atom. The van der Waals surface area contributed by atoms with Gasteiger partial charge < -0.3 is 10.1 Å². The lowest BCUT2D eigenvalue weighted by Gasteiger charge is -2.10. The summed E-state index contributed by atoms with van der Waals surface area (Å²) in [4.78, 5) is 0. The van der Waals surface area contributed by atoms with Crippen LogP contribution in [0.4, 0.5) is 0 Å². The van der Waals surface area contributed by atoms with Gasteiger partial charge in [0.25, 0.3) is 0 Å². The van der Waals surface area contributed by atoms with Gasteiger partial charge in [0.1, 0.15) is 0 Å². The van der Waals surface area contributed by atoms with Crippen LogP contribution in [0.2, 0.25) is 0 Å². The summed E-state index contributed by atoms with van der Waals surface area (Å²) < 4.78 is 7.64. The second kappa shape index (κ2) is 7.06. The third-order valence-corrected chi connectivity index (χ3v) is 4.06. The van der Waals surface area contributed by atoms with Crippen molar-refractivity contribution in [1.29, 1.82) is 0 Å². The highest BCUT2D eigenvalue weighted by Gasteiger charge is 2.22. The Morgan fingerprint density at radius 3 is 3.11 bits per heavy atom. The number of thioether (sulfide) groups is 1. The highest BCUT2D eigenvalue weighted by atomic mass is 32.2. The summed E-state index contributed by atoms with van der Waals surface area (Å²) >= 11 is 1.69. The summed E-state index contributed by atoms with van der Waals surface area (Å²) in [6.45, 7) is 6.90. The highest BCUT2D eigenvalue weighted by Crippen LogP contribution is 2.24. The third kappa shape index (κ3) is 3.93. The van der Waals surface area contributed by atoms with Gasteiger partial charge in [-0.05, 0) is 36.7 Å². The number of hydrogen-bond donors (Lipinski definition) is 1. The van der Waals surface area contributed by atoms with E-state index in [2.05, 4.69) is 34.7 Å². The molecule has 1 aromatic heterocycles. The number of ether oxygens (including phenoxy) is 1. The van der Waals surface area contributed by atoms with E-state index < -0.39 is 0 Å². The molecule has 0 bridgehead atoms. The Labute approximate surface area is 112 Å². The SMILES string of the molecule is CCNCCn1nnnc1SCC1CCC(C)O1. The number of rotatable bonds is 7. The van der Waals surface area contributed by atoms with E-state index in [4.69, 9.17) is 4.74 Å². The van der Waals surface area contributed by atoms with Gasteiger partial charge in [0, 0.05) is 12.3 Å². The maximum Gasteiger partial charge on any atom is 0.209 e. The van der Waals surface area contributed by atoms with Crippen LogP contribution in [0.1, 0.15) is 26.7 Å². The number of tetrazole rings is 1. The van der Waals surface area contributed by atoms with Gasteiger partial charge >= 0.3 is 0 Å². The molecule has 7 heteroatoms. The van der Waals surface area contributed by atoms with E-state index in [1.165, 1.54) is 0 Å². The first-order chi connectivity index (χ1) is 8.79. The summed E-state index contributed by atoms with van der Waals surface area (Å²) in [5.74, 6) is 0.936. The number of nitrogens with zero attached hydrogens (tertiary/aromatic N) is 4. The first kappa shape index (κ1) is 13.8. The maximum absolute atomic E-state index is 5.79. The van der Waals surface area contributed by atoms with Crippen LogP contribution in [0.5, 0.6) is 0 Å². The molecule has 2 heterocycles. The van der Waals surface area contributed by atoms with E-state index >= 15 is 0 Å². The van der Waals surface area contributed by atoms with E-state index in [1.54, 1.807) is 11.8 Å². The second-order valence-electron chi connectivity index (χ2n) is 4.50. The molecule has 1 saturated heterocycles. The monoisotopic (exact) mass is 271 g/mol. The normalized spacial score (nSPS) is 23.7. The number of likely N-dealkylation sites (N-methyl/N-ethyl adjacent to an activating group) is 1. The lowest BCUT2D eigenvalue weighted by molar-refractivity contribution is 0.0699. The second-order valence-corrected chi connectivity index (χ2v) is 5.48. The van der Waals surface area contributed by atoms with Crippen LogP contribution >= 0.6 is 11.8 Å². The summed E-state index contributed by atoms with van der Waals surface area (Å²) in [5.41, 5.74) is 0. The summed E-state index contributed by atoms with van der Waals surface area (Å²) in [5, 5.41) is 15.9. The van der Waals surface area contributed by atoms with Gasteiger partial charge in [-0.2, -0.15) is 0 Å². The standard InChI is InChI=1S/C11H21N5OS/c1-3-12-6-7-16-11(13-14-15-16)18-8-10-5-4-9(2)17-10/h9-10,12H,3-8H2,1-2H3. The first-order valence-corrected chi connectivity index (χ1v) is 7.53. The zero-order valence-electron chi connectivity index (χ0n) is 11.0. The molecule has 1 fully saturated rings. The van der Waals surface area contributed by atoms with E-state index in [1.807, 2.05) is 4.68 Å². The molecule has 0 aliphatic carbocycles. The van der Waals surface area contributed by atoms with Crippen molar-refractivity contribution in [2.24, 2.45) is 0 Å². The van der Waals surface area contributed by atoms with Crippen LogP contribution in [-0.2, 0) is 11.3 Å². The molecular weight excluding hydrogens is 250 g/mol. The molecule has 0 aromatic carbocycles. The van der Waals surface area contributed by atoms with Gasteiger partial charge in [-0.25, -0.2) is 4.68 Å². The third-order valence-electron chi connectivity index (χ3n) is 2.97. The van der Waals surface area contributed by atoms with Crippen LogP contribution in [0.15, 0.2) is 5.16 Å². The predicted octanol–water partition coefficient (Wildman–Crippen LogP) is 0.942. The fourth-order valence-electron chi connectivity index (χ4n) is 1.98. The van der Waals surface area contributed by atoms with E-state index in [0.29, 0.717) is 12.2 Å². The summed E-state index contributed by atoms with van der Waals surface area (Å²) in [6.07, 6.45) is 3.06. The van der Waals surface area contributed by atoms with Crippen LogP contribution in [-0.4, -0.2) is 51.3 Å². The zero-order valence-corrected chi connectivity index (χ0v) is 11.8. The van der Waals surface area contributed by atoms with E-state index in [-0.39, 0.29) is 0 Å². The average Bonchev–Trinajstić information content (AvgIpc) is 2.96. The van der Waals surface area contributed by atoms with Crippen molar-refractivity contribution in [1.82, 2.24) is 25.5 Å². The van der Waals surface area contributed by atoms with Crippen LogP contribution in [0, 0.1) is 0 Å². The zero-order chi connectivity index (χ0) is 12.8. The predicted molar refractivity (Wildman–Crippen MR) is 70.7 cm³/mol. The minimum absolute atomic E-state index is 0.351. The van der Waals surface area contributed by atoms with Crippen molar-refractivity contribution in [3.05, 3.63) is 0 Å². The van der Waals surface area contributed by atoms with Crippen molar-refractivity contribution >= 4 is 11.8 Å². The Balaban J connectivity index is 1.76.